The number of nitrogens with one attached hydrogen (secondary N) is 1. The fourth-order valence-electron chi connectivity index (χ4n) is 1.59. The summed E-state index contributed by atoms with van der Waals surface area (Å²) in [6.45, 7) is 1.66. The van der Waals surface area contributed by atoms with Gasteiger partial charge >= 0.3 is 5.97 Å². The molecule has 0 amide bonds. The Morgan fingerprint density at radius 1 is 1.36 bits per heavy atom. The first kappa shape index (κ1) is 17.0. The van der Waals surface area contributed by atoms with Gasteiger partial charge < -0.3 is 5.11 Å². The zero-order chi connectivity index (χ0) is 16.5. The van der Waals surface area contributed by atoms with Crippen LogP contribution in [-0.2, 0) is 21.2 Å². The molecule has 22 heavy (non-hydrogen) atoms. The van der Waals surface area contributed by atoms with E-state index in [-0.39, 0.29) is 21.5 Å². The molecule has 118 valence electrons. The first-order chi connectivity index (χ1) is 10.2. The van der Waals surface area contributed by atoms with Crippen LogP contribution < -0.4 is 4.72 Å². The van der Waals surface area contributed by atoms with E-state index in [2.05, 4.69) is 9.71 Å². The Morgan fingerprint density at radius 2 is 2.05 bits per heavy atom. The molecular weight excluding hydrogens is 371 g/mol. The number of halogens is 2. The number of carbonyl (C=O) groups is 1. The number of nitrogens with zero attached hydrogens (tertiary/aromatic N) is 1. The zero-order valence-corrected chi connectivity index (χ0v) is 14.3. The number of carboxylic acid groups (broad SMARTS) is 1. The molecule has 1 heterocycles. The van der Waals surface area contributed by atoms with Gasteiger partial charge in [-0.15, -0.1) is 11.3 Å². The van der Waals surface area contributed by atoms with Crippen LogP contribution in [0.15, 0.2) is 23.2 Å². The molecule has 1 aromatic carbocycles. The molecule has 10 heteroatoms. The number of carboxylic acids is 1. The van der Waals surface area contributed by atoms with Gasteiger partial charge in [-0.25, -0.2) is 13.4 Å². The van der Waals surface area contributed by atoms with E-state index in [9.17, 15) is 13.2 Å². The number of rotatable bonds is 5. The third-order valence-electron chi connectivity index (χ3n) is 2.60. The second kappa shape index (κ2) is 6.41. The average molecular weight is 381 g/mol. The zero-order valence-electron chi connectivity index (χ0n) is 11.1. The van der Waals surface area contributed by atoms with Crippen molar-refractivity contribution in [2.45, 2.75) is 18.2 Å². The van der Waals surface area contributed by atoms with Crippen molar-refractivity contribution in [2.24, 2.45) is 0 Å². The quantitative estimate of drug-likeness (QED) is 0.829. The molecular formula is C12H10Cl2N2O4S2. The second-order valence-electron chi connectivity index (χ2n) is 4.34. The van der Waals surface area contributed by atoms with E-state index in [1.54, 1.807) is 6.92 Å². The summed E-state index contributed by atoms with van der Waals surface area (Å²) in [7, 11) is -3.94. The molecule has 0 aliphatic rings. The van der Waals surface area contributed by atoms with Crippen LogP contribution in [-0.4, -0.2) is 24.5 Å². The predicted octanol–water partition coefficient (Wildman–Crippen LogP) is 3.19. The van der Waals surface area contributed by atoms with Gasteiger partial charge in [-0.2, -0.15) is 0 Å². The Labute approximate surface area is 140 Å². The fourth-order valence-corrected chi connectivity index (χ4v) is 4.47. The van der Waals surface area contributed by atoms with Crippen LogP contribution in [0.4, 0.5) is 5.13 Å². The molecule has 2 aromatic rings. The van der Waals surface area contributed by atoms with Crippen molar-refractivity contribution < 1.29 is 18.3 Å². The van der Waals surface area contributed by atoms with Gasteiger partial charge in [0.05, 0.1) is 11.4 Å². The van der Waals surface area contributed by atoms with Crippen LogP contribution in [0.3, 0.4) is 0 Å². The van der Waals surface area contributed by atoms with Gasteiger partial charge in [0, 0.05) is 16.1 Å². The molecule has 0 saturated heterocycles. The van der Waals surface area contributed by atoms with E-state index in [0.717, 1.165) is 11.3 Å². The van der Waals surface area contributed by atoms with E-state index in [1.165, 1.54) is 18.3 Å². The molecule has 0 atom stereocenters. The molecule has 0 aliphatic carbocycles. The van der Waals surface area contributed by atoms with Crippen LogP contribution in [0.5, 0.6) is 0 Å². The van der Waals surface area contributed by atoms with Crippen LogP contribution in [0.25, 0.3) is 0 Å². The maximum Gasteiger partial charge on any atom is 0.308 e. The van der Waals surface area contributed by atoms with E-state index in [1.807, 2.05) is 0 Å². The summed E-state index contributed by atoms with van der Waals surface area (Å²) in [5.41, 5.74) is 0.567. The summed E-state index contributed by atoms with van der Waals surface area (Å²) in [4.78, 5) is 14.8. The molecule has 6 nitrogen and oxygen atoms in total. The monoisotopic (exact) mass is 380 g/mol. The number of aromatic nitrogens is 1. The summed E-state index contributed by atoms with van der Waals surface area (Å²) in [5.74, 6) is -1.02. The molecule has 1 aromatic heterocycles. The molecule has 0 fully saturated rings. The lowest BCUT2D eigenvalue weighted by Crippen LogP contribution is -2.13. The maximum atomic E-state index is 12.3. The topological polar surface area (TPSA) is 96.4 Å². The Hall–Kier alpha value is -1.35. The third kappa shape index (κ3) is 3.89. The number of hydrogen-bond donors (Lipinski definition) is 2. The van der Waals surface area contributed by atoms with E-state index in [0.29, 0.717) is 15.5 Å². The van der Waals surface area contributed by atoms with Crippen molar-refractivity contribution in [3.63, 3.8) is 0 Å². The number of anilines is 1. The number of sulfonamides is 1. The minimum absolute atomic E-state index is 0.00887. The van der Waals surface area contributed by atoms with Crippen molar-refractivity contribution >= 4 is 55.7 Å². The normalized spacial score (nSPS) is 11.4. The number of aryl methyl sites for hydroxylation is 1. The van der Waals surface area contributed by atoms with Gasteiger partial charge in [0.25, 0.3) is 10.0 Å². The number of aliphatic carboxylic acids is 1. The van der Waals surface area contributed by atoms with Gasteiger partial charge in [-0.3, -0.25) is 9.52 Å². The lowest BCUT2D eigenvalue weighted by molar-refractivity contribution is -0.136. The van der Waals surface area contributed by atoms with Crippen molar-refractivity contribution in [3.05, 3.63) is 38.8 Å². The predicted molar refractivity (Wildman–Crippen MR) is 85.5 cm³/mol. The fraction of sp³-hybridized carbons (Fsp3) is 0.167. The Morgan fingerprint density at radius 3 is 2.68 bits per heavy atom. The van der Waals surface area contributed by atoms with Gasteiger partial charge in [0.1, 0.15) is 4.90 Å². The summed E-state index contributed by atoms with van der Waals surface area (Å²) in [5, 5.41) is 9.11. The molecule has 0 aliphatic heterocycles. The number of thiazole rings is 1. The molecule has 0 radical (unpaired) electrons. The van der Waals surface area contributed by atoms with Gasteiger partial charge in [0.15, 0.2) is 5.13 Å². The summed E-state index contributed by atoms with van der Waals surface area (Å²) in [6, 6.07) is 2.71. The minimum Gasteiger partial charge on any atom is -0.481 e. The highest BCUT2D eigenvalue weighted by Gasteiger charge is 2.21. The molecule has 0 bridgehead atoms. The molecule has 0 saturated carbocycles. The Kier molecular flexibility index (Phi) is 4.96. The SMILES string of the molecule is Cc1cc(S(=O)(=O)Nc2ncc(CC(=O)O)s2)c(Cl)cc1Cl. The van der Waals surface area contributed by atoms with Crippen molar-refractivity contribution in [1.82, 2.24) is 4.98 Å². The van der Waals surface area contributed by atoms with Gasteiger partial charge in [-0.1, -0.05) is 23.2 Å². The number of hydrogen-bond acceptors (Lipinski definition) is 5. The Balaban J connectivity index is 2.30. The lowest BCUT2D eigenvalue weighted by atomic mass is 10.2. The Bertz CT molecular complexity index is 834. The standard InChI is InChI=1S/C12H10Cl2N2O4S2/c1-6-2-10(9(14)4-8(6)13)22(19,20)16-12-15-5-7(21-12)3-11(17)18/h2,4-5H,3H2,1H3,(H,15,16)(H,17,18). The highest BCUT2D eigenvalue weighted by Crippen LogP contribution is 2.30. The molecule has 2 N–H and O–H groups in total. The van der Waals surface area contributed by atoms with E-state index >= 15 is 0 Å². The van der Waals surface area contributed by atoms with Gasteiger partial charge in [-0.05, 0) is 24.6 Å². The number of benzene rings is 1. The first-order valence-electron chi connectivity index (χ1n) is 5.84. The van der Waals surface area contributed by atoms with Crippen molar-refractivity contribution in [2.75, 3.05) is 4.72 Å². The summed E-state index contributed by atoms with van der Waals surface area (Å²) in [6.07, 6.45) is 1.09. The highest BCUT2D eigenvalue weighted by atomic mass is 35.5. The third-order valence-corrected chi connectivity index (χ3v) is 5.86. The average Bonchev–Trinajstić information content (AvgIpc) is 2.79. The molecule has 2 rings (SSSR count). The lowest BCUT2D eigenvalue weighted by Gasteiger charge is -2.09. The van der Waals surface area contributed by atoms with Gasteiger partial charge in [0.2, 0.25) is 0 Å². The van der Waals surface area contributed by atoms with Crippen LogP contribution in [0, 0.1) is 6.92 Å². The first-order valence-corrected chi connectivity index (χ1v) is 8.89. The molecule has 0 spiro atoms. The smallest absolute Gasteiger partial charge is 0.308 e. The van der Waals surface area contributed by atoms with Crippen LogP contribution >= 0.6 is 34.5 Å². The van der Waals surface area contributed by atoms with Crippen LogP contribution in [0.2, 0.25) is 10.0 Å². The van der Waals surface area contributed by atoms with Crippen LogP contribution in [0.1, 0.15) is 10.4 Å². The van der Waals surface area contributed by atoms with Crippen molar-refractivity contribution in [1.29, 1.82) is 0 Å². The highest BCUT2D eigenvalue weighted by molar-refractivity contribution is 7.93. The molecule has 0 unspecified atom stereocenters. The summed E-state index contributed by atoms with van der Waals surface area (Å²) >= 11 is 12.8. The van der Waals surface area contributed by atoms with E-state index in [4.69, 9.17) is 28.3 Å². The largest absolute Gasteiger partial charge is 0.481 e. The van der Waals surface area contributed by atoms with Crippen molar-refractivity contribution in [3.8, 4) is 0 Å². The summed E-state index contributed by atoms with van der Waals surface area (Å²) < 4.78 is 26.9. The second-order valence-corrected chi connectivity index (χ2v) is 7.92. The van der Waals surface area contributed by atoms with E-state index < -0.39 is 16.0 Å². The minimum atomic E-state index is -3.94. The maximum absolute atomic E-state index is 12.3.